The van der Waals surface area contributed by atoms with Crippen LogP contribution in [0.2, 0.25) is 0 Å². The summed E-state index contributed by atoms with van der Waals surface area (Å²) in [5.74, 6) is -0.437. The van der Waals surface area contributed by atoms with Crippen molar-refractivity contribution in [3.8, 4) is 17.1 Å². The molecule has 11 heteroatoms. The average Bonchev–Trinajstić information content (AvgIpc) is 3.22. The number of carbonyl (C=O) groups is 2. The van der Waals surface area contributed by atoms with Crippen LogP contribution in [-0.4, -0.2) is 94.4 Å². The summed E-state index contributed by atoms with van der Waals surface area (Å²) in [5, 5.41) is 10.2. The predicted molar refractivity (Wildman–Crippen MR) is 127 cm³/mol. The van der Waals surface area contributed by atoms with Crippen molar-refractivity contribution in [3.63, 3.8) is 0 Å². The van der Waals surface area contributed by atoms with Crippen LogP contribution < -0.4 is 10.1 Å². The number of hydrogen-bond acceptors (Lipinski definition) is 7. The van der Waals surface area contributed by atoms with E-state index in [1.807, 2.05) is 4.90 Å². The van der Waals surface area contributed by atoms with Crippen molar-refractivity contribution in [2.75, 3.05) is 40.0 Å². The molecule has 1 aliphatic carbocycles. The molecule has 192 valence electrons. The van der Waals surface area contributed by atoms with Crippen LogP contribution in [0.5, 0.6) is 5.88 Å². The third kappa shape index (κ3) is 4.24. The number of ether oxygens (including phenoxy) is 2. The minimum atomic E-state index is -0.532. The molecule has 1 spiro atoms. The second-order valence-corrected chi connectivity index (χ2v) is 10.4. The van der Waals surface area contributed by atoms with Crippen molar-refractivity contribution in [2.24, 2.45) is 5.92 Å². The summed E-state index contributed by atoms with van der Waals surface area (Å²) in [6, 6.07) is 3.71. The maximum Gasteiger partial charge on any atom is 0.274 e. The first-order valence-corrected chi connectivity index (χ1v) is 12.7. The van der Waals surface area contributed by atoms with E-state index in [4.69, 9.17) is 9.47 Å². The Labute approximate surface area is 208 Å². The number of hydrogen-bond donors (Lipinski definition) is 2. The van der Waals surface area contributed by atoms with E-state index in [-0.39, 0.29) is 46.5 Å². The Morgan fingerprint density at radius 3 is 2.81 bits per heavy atom. The van der Waals surface area contributed by atoms with Crippen molar-refractivity contribution in [3.05, 3.63) is 29.8 Å². The maximum atomic E-state index is 14.3. The van der Waals surface area contributed by atoms with Gasteiger partial charge in [-0.15, -0.1) is 0 Å². The first kappa shape index (κ1) is 23.4. The van der Waals surface area contributed by atoms with Crippen LogP contribution in [0, 0.1) is 11.7 Å². The molecule has 2 aromatic rings. The fourth-order valence-corrected chi connectivity index (χ4v) is 5.79. The molecule has 2 atom stereocenters. The second-order valence-electron chi connectivity index (χ2n) is 10.4. The van der Waals surface area contributed by atoms with Gasteiger partial charge in [0.05, 0.1) is 38.3 Å². The van der Waals surface area contributed by atoms with Crippen molar-refractivity contribution >= 4 is 11.8 Å². The Hall–Kier alpha value is -3.05. The van der Waals surface area contributed by atoms with Gasteiger partial charge in [-0.05, 0) is 38.2 Å². The van der Waals surface area contributed by atoms with E-state index in [2.05, 4.69) is 25.4 Å². The monoisotopic (exact) mass is 498 g/mol. The number of likely N-dealkylation sites (tertiary alicyclic amines) is 2. The normalized spacial score (nSPS) is 25.6. The number of piperidine rings is 1. The highest BCUT2D eigenvalue weighted by atomic mass is 19.1. The number of methoxy groups -OCH3 is 1. The van der Waals surface area contributed by atoms with Crippen molar-refractivity contribution < 1.29 is 23.5 Å². The third-order valence-electron chi connectivity index (χ3n) is 8.17. The quantitative estimate of drug-likeness (QED) is 0.622. The SMILES string of the molecule is COc1cc(-c2cc(C(=O)N3CC[C@H](C(=O)N[C@H]4CCN(C5COC5)C4)CC34CC4)n[nH]2)c(F)cn1. The van der Waals surface area contributed by atoms with Crippen LogP contribution in [-0.2, 0) is 9.53 Å². The first-order chi connectivity index (χ1) is 17.5. The molecular weight excluding hydrogens is 467 g/mol. The fourth-order valence-electron chi connectivity index (χ4n) is 5.79. The van der Waals surface area contributed by atoms with Gasteiger partial charge in [0.25, 0.3) is 5.91 Å². The van der Waals surface area contributed by atoms with Gasteiger partial charge in [-0.2, -0.15) is 5.10 Å². The lowest BCUT2D eigenvalue weighted by Crippen LogP contribution is -2.52. The Kier molecular flexibility index (Phi) is 5.91. The number of halogens is 1. The van der Waals surface area contributed by atoms with Crippen molar-refractivity contribution in [1.82, 2.24) is 30.3 Å². The zero-order chi connectivity index (χ0) is 24.9. The molecule has 3 saturated heterocycles. The number of nitrogens with zero attached hydrogens (tertiary/aromatic N) is 4. The number of carbonyl (C=O) groups excluding carboxylic acids is 2. The summed E-state index contributed by atoms with van der Waals surface area (Å²) in [7, 11) is 1.46. The highest BCUT2D eigenvalue weighted by molar-refractivity contribution is 5.94. The standard InChI is InChI=1S/C25H31FN6O4/c1-35-22-8-18(19(26)11-27-22)20-9-21(30-29-20)24(34)32-7-2-15(10-25(32)4-5-25)23(33)28-16-3-6-31(12-16)17-13-36-14-17/h8-9,11,15-17H,2-7,10,12-14H2,1H3,(H,28,33)(H,29,30)/t15-,16-/m0/s1. The van der Waals surface area contributed by atoms with Crippen LogP contribution in [0.4, 0.5) is 4.39 Å². The van der Waals surface area contributed by atoms with Gasteiger partial charge >= 0.3 is 0 Å². The molecule has 4 aliphatic rings. The van der Waals surface area contributed by atoms with Crippen LogP contribution in [0.1, 0.15) is 42.6 Å². The van der Waals surface area contributed by atoms with E-state index >= 15 is 0 Å². The van der Waals surface area contributed by atoms with Gasteiger partial charge in [-0.25, -0.2) is 9.37 Å². The number of pyridine rings is 1. The smallest absolute Gasteiger partial charge is 0.274 e. The fraction of sp³-hybridized carbons (Fsp3) is 0.600. The molecule has 2 N–H and O–H groups in total. The highest BCUT2D eigenvalue weighted by Gasteiger charge is 2.55. The second kappa shape index (κ2) is 9.11. The highest BCUT2D eigenvalue weighted by Crippen LogP contribution is 2.50. The topological polar surface area (TPSA) is 113 Å². The maximum absolute atomic E-state index is 14.3. The van der Waals surface area contributed by atoms with E-state index in [1.165, 1.54) is 13.2 Å². The molecule has 10 nitrogen and oxygen atoms in total. The average molecular weight is 499 g/mol. The van der Waals surface area contributed by atoms with Crippen molar-refractivity contribution in [2.45, 2.75) is 49.7 Å². The molecule has 2 aromatic heterocycles. The summed E-state index contributed by atoms with van der Waals surface area (Å²) >= 11 is 0. The molecule has 0 radical (unpaired) electrons. The van der Waals surface area contributed by atoms with Gasteiger partial charge in [-0.1, -0.05) is 0 Å². The summed E-state index contributed by atoms with van der Waals surface area (Å²) in [6.07, 6.45) is 5.11. The largest absolute Gasteiger partial charge is 0.481 e. The van der Waals surface area contributed by atoms with Crippen molar-refractivity contribution in [1.29, 1.82) is 0 Å². The first-order valence-electron chi connectivity index (χ1n) is 12.7. The van der Waals surface area contributed by atoms with E-state index in [1.54, 1.807) is 6.07 Å². The summed E-state index contributed by atoms with van der Waals surface area (Å²) < 4.78 is 24.7. The molecule has 1 saturated carbocycles. The van der Waals surface area contributed by atoms with Gasteiger partial charge in [0.15, 0.2) is 11.5 Å². The number of aromatic amines is 1. The summed E-state index contributed by atoms with van der Waals surface area (Å²) in [5.41, 5.74) is 0.572. The lowest BCUT2D eigenvalue weighted by atomic mass is 9.87. The Balaban J connectivity index is 1.09. The molecule has 2 amide bonds. The van der Waals surface area contributed by atoms with Gasteiger partial charge < -0.3 is 19.7 Å². The number of aromatic nitrogens is 3. The molecular formula is C25H31FN6O4. The Morgan fingerprint density at radius 1 is 1.25 bits per heavy atom. The molecule has 4 fully saturated rings. The van der Waals surface area contributed by atoms with Gasteiger partial charge in [-0.3, -0.25) is 19.6 Å². The number of nitrogens with one attached hydrogen (secondary N) is 2. The van der Waals surface area contributed by atoms with E-state index in [9.17, 15) is 14.0 Å². The van der Waals surface area contributed by atoms with E-state index < -0.39 is 5.82 Å². The van der Waals surface area contributed by atoms with E-state index in [0.717, 1.165) is 51.8 Å². The summed E-state index contributed by atoms with van der Waals surface area (Å²) in [4.78, 5) is 34.6. The zero-order valence-corrected chi connectivity index (χ0v) is 20.3. The number of H-pyrrole nitrogens is 1. The van der Waals surface area contributed by atoms with Crippen LogP contribution >= 0.6 is 0 Å². The molecule has 0 unspecified atom stereocenters. The molecule has 6 rings (SSSR count). The predicted octanol–water partition coefficient (Wildman–Crippen LogP) is 1.59. The van der Waals surface area contributed by atoms with Crippen LogP contribution in [0.15, 0.2) is 18.3 Å². The van der Waals surface area contributed by atoms with Crippen LogP contribution in [0.3, 0.4) is 0 Å². The Morgan fingerprint density at radius 2 is 2.08 bits per heavy atom. The third-order valence-corrected chi connectivity index (χ3v) is 8.17. The van der Waals surface area contributed by atoms with Gasteiger partial charge in [0.2, 0.25) is 11.8 Å². The number of amides is 2. The van der Waals surface area contributed by atoms with Gasteiger partial charge in [0, 0.05) is 48.8 Å². The lowest BCUT2D eigenvalue weighted by Gasteiger charge is -2.39. The minimum Gasteiger partial charge on any atom is -0.481 e. The molecule has 3 aliphatic heterocycles. The minimum absolute atomic E-state index is 0.0919. The molecule has 0 bridgehead atoms. The molecule has 36 heavy (non-hydrogen) atoms. The zero-order valence-electron chi connectivity index (χ0n) is 20.3. The summed E-state index contributed by atoms with van der Waals surface area (Å²) in [6.45, 7) is 3.97. The number of rotatable bonds is 6. The lowest BCUT2D eigenvalue weighted by molar-refractivity contribution is -0.128. The van der Waals surface area contributed by atoms with E-state index in [0.29, 0.717) is 31.1 Å². The molecule has 5 heterocycles. The van der Waals surface area contributed by atoms with Gasteiger partial charge in [0.1, 0.15) is 0 Å². The molecule has 0 aromatic carbocycles. The Bertz CT molecular complexity index is 1160. The van der Waals surface area contributed by atoms with Crippen LogP contribution in [0.25, 0.3) is 11.3 Å².